The topological polar surface area (TPSA) is 64.7 Å². The maximum absolute atomic E-state index is 9.06. The summed E-state index contributed by atoms with van der Waals surface area (Å²) in [5, 5.41) is 9.06. The second-order valence-corrected chi connectivity index (χ2v) is 4.17. The van der Waals surface area contributed by atoms with E-state index in [-0.39, 0.29) is 0 Å². The lowest BCUT2D eigenvalue weighted by Crippen LogP contribution is -2.23. The van der Waals surface area contributed by atoms with Gasteiger partial charge in [-0.3, -0.25) is 0 Å². The number of anilines is 1. The molecule has 0 radical (unpaired) electrons. The van der Waals surface area contributed by atoms with Gasteiger partial charge in [0.05, 0.1) is 0 Å². The van der Waals surface area contributed by atoms with Gasteiger partial charge < -0.3 is 20.1 Å². The zero-order chi connectivity index (χ0) is 14.3. The molecule has 0 aliphatic carbocycles. The van der Waals surface area contributed by atoms with Crippen molar-refractivity contribution in [1.82, 2.24) is 0 Å². The van der Waals surface area contributed by atoms with Gasteiger partial charge >= 0.3 is 7.32 Å². The molecule has 0 spiro atoms. The van der Waals surface area contributed by atoms with Crippen LogP contribution in [-0.4, -0.2) is 25.6 Å². The summed E-state index contributed by atoms with van der Waals surface area (Å²) in [6.45, 7) is 5.30. The van der Waals surface area contributed by atoms with Gasteiger partial charge in [-0.25, -0.2) is 0 Å². The van der Waals surface area contributed by atoms with E-state index in [1.165, 1.54) is 0 Å². The van der Waals surface area contributed by atoms with E-state index < -0.39 is 7.32 Å². The first-order chi connectivity index (χ1) is 9.20. The number of hydrogen-bond donors (Lipinski definition) is 2. The van der Waals surface area contributed by atoms with Crippen molar-refractivity contribution in [1.29, 1.82) is 0 Å². The Bertz CT molecular complexity index is 275. The average molecular weight is 267 g/mol. The van der Waals surface area contributed by atoms with Gasteiger partial charge in [0.2, 0.25) is 0 Å². The predicted octanol–water partition coefficient (Wildman–Crippen LogP) is 2.87. The Hall–Kier alpha value is -1.04. The molecule has 1 aromatic carbocycles. The molecule has 1 aromatic rings. The number of para-hydroxylation sites is 1. The van der Waals surface area contributed by atoms with E-state index in [1.807, 2.05) is 30.3 Å². The van der Waals surface area contributed by atoms with Gasteiger partial charge in [-0.15, -0.1) is 0 Å². The fourth-order valence-electron chi connectivity index (χ4n) is 1.16. The summed E-state index contributed by atoms with van der Waals surface area (Å²) in [5.41, 5.74) is 6.18. The maximum Gasteiger partial charge on any atom is 0.636 e. The number of benzene rings is 1. The van der Waals surface area contributed by atoms with Crippen molar-refractivity contribution in [3.63, 3.8) is 0 Å². The van der Waals surface area contributed by atoms with Crippen LogP contribution in [0, 0.1) is 0 Å². The predicted molar refractivity (Wildman–Crippen MR) is 80.5 cm³/mol. The number of nitrogens with two attached hydrogens (primary N) is 1. The smallest absolute Gasteiger partial charge is 0.402 e. The van der Waals surface area contributed by atoms with Crippen LogP contribution < -0.4 is 5.73 Å². The molecule has 108 valence electrons. The Labute approximate surface area is 117 Å². The van der Waals surface area contributed by atoms with Crippen molar-refractivity contribution < 1.29 is 14.3 Å². The summed E-state index contributed by atoms with van der Waals surface area (Å²) in [7, 11) is -1.02. The van der Waals surface area contributed by atoms with Crippen molar-refractivity contribution in [2.75, 3.05) is 18.9 Å². The highest BCUT2D eigenvalue weighted by Crippen LogP contribution is 1.96. The Kier molecular flexibility index (Phi) is 12.7. The third kappa shape index (κ3) is 13.2. The molecule has 0 aliphatic rings. The van der Waals surface area contributed by atoms with Gasteiger partial charge in [0.15, 0.2) is 0 Å². The van der Waals surface area contributed by atoms with Crippen molar-refractivity contribution in [3.05, 3.63) is 30.3 Å². The molecule has 4 nitrogen and oxygen atoms in total. The van der Waals surface area contributed by atoms with E-state index in [0.29, 0.717) is 13.2 Å². The fourth-order valence-corrected chi connectivity index (χ4v) is 1.16. The van der Waals surface area contributed by atoms with Crippen LogP contribution in [0.4, 0.5) is 5.69 Å². The third-order valence-corrected chi connectivity index (χ3v) is 2.32. The van der Waals surface area contributed by atoms with Crippen molar-refractivity contribution in [3.8, 4) is 0 Å². The molecule has 0 unspecified atom stereocenters. The minimum absolute atomic E-state index is 0.573. The van der Waals surface area contributed by atoms with Gasteiger partial charge in [0.25, 0.3) is 0 Å². The zero-order valence-electron chi connectivity index (χ0n) is 12.0. The molecule has 0 aliphatic heterocycles. The van der Waals surface area contributed by atoms with E-state index in [9.17, 15) is 0 Å². The molecule has 0 aromatic heterocycles. The van der Waals surface area contributed by atoms with Crippen LogP contribution in [-0.2, 0) is 9.31 Å². The molecular formula is C14H26BNO3. The zero-order valence-corrected chi connectivity index (χ0v) is 12.0. The molecule has 19 heavy (non-hydrogen) atoms. The largest absolute Gasteiger partial charge is 0.636 e. The van der Waals surface area contributed by atoms with Gasteiger partial charge in [-0.1, -0.05) is 44.9 Å². The second kappa shape index (κ2) is 13.4. The van der Waals surface area contributed by atoms with Gasteiger partial charge in [0.1, 0.15) is 0 Å². The molecule has 0 heterocycles. The highest BCUT2D eigenvalue weighted by molar-refractivity contribution is 6.34. The number of unbranched alkanes of at least 4 members (excludes halogenated alkanes) is 2. The molecule has 0 amide bonds. The molecular weight excluding hydrogens is 241 g/mol. The first-order valence-electron chi connectivity index (χ1n) is 6.92. The standard InChI is InChI=1S/C8H19BO3.C6H7N/c1-3-5-7-11-9(10)12-8-6-4-2;7-6-4-2-1-3-5-6/h10H,3-8H2,1-2H3;1-5H,7H2. The van der Waals surface area contributed by atoms with Crippen LogP contribution in [0.3, 0.4) is 0 Å². The normalized spacial score (nSPS) is 9.63. The molecule has 0 fully saturated rings. The van der Waals surface area contributed by atoms with Crippen LogP contribution in [0.5, 0.6) is 0 Å². The molecule has 0 saturated heterocycles. The third-order valence-electron chi connectivity index (χ3n) is 2.32. The summed E-state index contributed by atoms with van der Waals surface area (Å²) < 4.78 is 9.92. The number of hydrogen-bond acceptors (Lipinski definition) is 4. The summed E-state index contributed by atoms with van der Waals surface area (Å²) >= 11 is 0. The van der Waals surface area contributed by atoms with E-state index >= 15 is 0 Å². The molecule has 3 N–H and O–H groups in total. The number of nitrogen functional groups attached to an aromatic ring is 1. The van der Waals surface area contributed by atoms with Crippen LogP contribution in [0.15, 0.2) is 30.3 Å². The maximum atomic E-state index is 9.06. The Morgan fingerprint density at radius 3 is 1.79 bits per heavy atom. The van der Waals surface area contributed by atoms with Crippen molar-refractivity contribution in [2.24, 2.45) is 0 Å². The van der Waals surface area contributed by atoms with Gasteiger partial charge in [-0.05, 0) is 25.0 Å². The van der Waals surface area contributed by atoms with Gasteiger partial charge in [-0.2, -0.15) is 0 Å². The highest BCUT2D eigenvalue weighted by atomic mass is 16.7. The minimum Gasteiger partial charge on any atom is -0.402 e. The summed E-state index contributed by atoms with van der Waals surface area (Å²) in [6.07, 6.45) is 4.08. The quantitative estimate of drug-likeness (QED) is 0.432. The van der Waals surface area contributed by atoms with Crippen LogP contribution in [0.25, 0.3) is 0 Å². The molecule has 1 rings (SSSR count). The van der Waals surface area contributed by atoms with E-state index in [1.54, 1.807) is 0 Å². The second-order valence-electron chi connectivity index (χ2n) is 4.17. The Morgan fingerprint density at radius 2 is 1.47 bits per heavy atom. The molecule has 0 bridgehead atoms. The summed E-state index contributed by atoms with van der Waals surface area (Å²) in [6, 6.07) is 9.49. The molecule has 0 atom stereocenters. The van der Waals surface area contributed by atoms with E-state index in [4.69, 9.17) is 20.1 Å². The summed E-state index contributed by atoms with van der Waals surface area (Å²) in [5.74, 6) is 0. The first-order valence-corrected chi connectivity index (χ1v) is 6.92. The lowest BCUT2D eigenvalue weighted by Gasteiger charge is -2.07. The fraction of sp³-hybridized carbons (Fsp3) is 0.571. The van der Waals surface area contributed by atoms with Crippen molar-refractivity contribution >= 4 is 13.0 Å². The summed E-state index contributed by atoms with van der Waals surface area (Å²) in [4.78, 5) is 0. The van der Waals surface area contributed by atoms with Crippen LogP contribution >= 0.6 is 0 Å². The molecule has 0 saturated carbocycles. The monoisotopic (exact) mass is 267 g/mol. The lowest BCUT2D eigenvalue weighted by molar-refractivity contribution is 0.130. The average Bonchev–Trinajstić information content (AvgIpc) is 2.41. The SMILES string of the molecule is CCCCOB(O)OCCCC.Nc1ccccc1. The van der Waals surface area contributed by atoms with Crippen LogP contribution in [0.2, 0.25) is 0 Å². The Morgan fingerprint density at radius 1 is 1.00 bits per heavy atom. The van der Waals surface area contributed by atoms with E-state index in [0.717, 1.165) is 31.4 Å². The van der Waals surface area contributed by atoms with Crippen molar-refractivity contribution in [2.45, 2.75) is 39.5 Å². The highest BCUT2D eigenvalue weighted by Gasteiger charge is 2.13. The van der Waals surface area contributed by atoms with E-state index in [2.05, 4.69) is 13.8 Å². The minimum atomic E-state index is -1.02. The lowest BCUT2D eigenvalue weighted by atomic mass is 10.2. The first kappa shape index (κ1) is 18.0. The van der Waals surface area contributed by atoms with Gasteiger partial charge in [0, 0.05) is 18.9 Å². The Balaban J connectivity index is 0.000000388. The van der Waals surface area contributed by atoms with Crippen LogP contribution in [0.1, 0.15) is 39.5 Å². The molecule has 5 heteroatoms. The number of rotatable bonds is 8.